The highest BCUT2D eigenvalue weighted by molar-refractivity contribution is 7.13. The monoisotopic (exact) mass is 275 g/mol. The Labute approximate surface area is 117 Å². The molecular weight excluding hydrogens is 258 g/mol. The zero-order valence-electron chi connectivity index (χ0n) is 11.2. The Morgan fingerprint density at radius 2 is 2.11 bits per heavy atom. The molecular formula is C14H17N3OS. The van der Waals surface area contributed by atoms with Gasteiger partial charge in [-0.1, -0.05) is 13.3 Å². The summed E-state index contributed by atoms with van der Waals surface area (Å²) in [5.74, 6) is -0.00925. The van der Waals surface area contributed by atoms with Gasteiger partial charge in [-0.2, -0.15) is 0 Å². The van der Waals surface area contributed by atoms with Crippen molar-refractivity contribution in [1.82, 2.24) is 14.9 Å². The van der Waals surface area contributed by atoms with Crippen molar-refractivity contribution >= 4 is 17.2 Å². The fourth-order valence-electron chi connectivity index (χ4n) is 1.69. The van der Waals surface area contributed by atoms with Crippen LogP contribution in [0.2, 0.25) is 0 Å². The SMILES string of the molecule is CCCCN(C)C(=O)c1csc(-c2ccncc2)n1. The van der Waals surface area contributed by atoms with Gasteiger partial charge < -0.3 is 4.90 Å². The van der Waals surface area contributed by atoms with E-state index in [0.717, 1.165) is 30.0 Å². The van der Waals surface area contributed by atoms with E-state index in [0.29, 0.717) is 5.69 Å². The van der Waals surface area contributed by atoms with Crippen LogP contribution in [0.3, 0.4) is 0 Å². The van der Waals surface area contributed by atoms with Crippen molar-refractivity contribution < 1.29 is 4.79 Å². The number of pyridine rings is 1. The van der Waals surface area contributed by atoms with Crippen LogP contribution in [-0.2, 0) is 0 Å². The number of hydrogen-bond acceptors (Lipinski definition) is 4. The molecule has 2 rings (SSSR count). The molecule has 0 atom stereocenters. The van der Waals surface area contributed by atoms with Crippen molar-refractivity contribution in [3.8, 4) is 10.6 Å². The van der Waals surface area contributed by atoms with Crippen LogP contribution in [0.15, 0.2) is 29.9 Å². The Kier molecular flexibility index (Phi) is 4.63. The zero-order chi connectivity index (χ0) is 13.7. The fraction of sp³-hybridized carbons (Fsp3) is 0.357. The molecule has 0 saturated carbocycles. The highest BCUT2D eigenvalue weighted by Gasteiger charge is 2.15. The molecule has 1 amide bonds. The minimum Gasteiger partial charge on any atom is -0.340 e. The molecule has 19 heavy (non-hydrogen) atoms. The standard InChI is InChI=1S/C14H17N3OS/c1-3-4-9-17(2)14(18)12-10-19-13(16-12)11-5-7-15-8-6-11/h5-8,10H,3-4,9H2,1-2H3. The van der Waals surface area contributed by atoms with Crippen LogP contribution in [0.25, 0.3) is 10.6 Å². The molecule has 2 aromatic heterocycles. The number of amides is 1. The molecule has 0 saturated heterocycles. The molecule has 4 nitrogen and oxygen atoms in total. The van der Waals surface area contributed by atoms with Crippen LogP contribution in [0, 0.1) is 0 Å². The summed E-state index contributed by atoms with van der Waals surface area (Å²) in [4.78, 5) is 22.3. The first-order chi connectivity index (χ1) is 9.22. The number of thiazole rings is 1. The van der Waals surface area contributed by atoms with E-state index in [1.165, 1.54) is 11.3 Å². The summed E-state index contributed by atoms with van der Waals surface area (Å²) in [6.07, 6.45) is 5.55. The van der Waals surface area contributed by atoms with Crippen LogP contribution in [0.1, 0.15) is 30.3 Å². The lowest BCUT2D eigenvalue weighted by Crippen LogP contribution is -2.27. The quantitative estimate of drug-likeness (QED) is 0.842. The molecule has 2 heterocycles. The molecule has 5 heteroatoms. The van der Waals surface area contributed by atoms with Gasteiger partial charge in [0.25, 0.3) is 5.91 Å². The average molecular weight is 275 g/mol. The number of hydrogen-bond donors (Lipinski definition) is 0. The first-order valence-electron chi connectivity index (χ1n) is 6.33. The molecule has 0 fully saturated rings. The van der Waals surface area contributed by atoms with Crippen LogP contribution in [-0.4, -0.2) is 34.4 Å². The lowest BCUT2D eigenvalue weighted by Gasteiger charge is -2.14. The van der Waals surface area contributed by atoms with E-state index in [4.69, 9.17) is 0 Å². The van der Waals surface area contributed by atoms with Gasteiger partial charge in [-0.25, -0.2) is 4.98 Å². The molecule has 0 aliphatic carbocycles. The lowest BCUT2D eigenvalue weighted by atomic mass is 10.3. The summed E-state index contributed by atoms with van der Waals surface area (Å²) in [6, 6.07) is 3.79. The molecule has 0 aromatic carbocycles. The molecule has 0 radical (unpaired) electrons. The Bertz CT molecular complexity index is 539. The summed E-state index contributed by atoms with van der Waals surface area (Å²) >= 11 is 1.49. The minimum atomic E-state index is -0.00925. The summed E-state index contributed by atoms with van der Waals surface area (Å²) < 4.78 is 0. The number of rotatable bonds is 5. The minimum absolute atomic E-state index is 0.00925. The maximum Gasteiger partial charge on any atom is 0.273 e. The van der Waals surface area contributed by atoms with E-state index in [-0.39, 0.29) is 5.91 Å². The largest absolute Gasteiger partial charge is 0.340 e. The number of nitrogens with zero attached hydrogens (tertiary/aromatic N) is 3. The molecule has 0 unspecified atom stereocenters. The Hall–Kier alpha value is -1.75. The van der Waals surface area contributed by atoms with Gasteiger partial charge in [-0.3, -0.25) is 9.78 Å². The number of carbonyl (C=O) groups excluding carboxylic acids is 1. The molecule has 0 aliphatic heterocycles. The molecule has 100 valence electrons. The summed E-state index contributed by atoms with van der Waals surface area (Å²) in [5, 5.41) is 2.68. The number of carbonyl (C=O) groups is 1. The molecule has 2 aromatic rings. The van der Waals surface area contributed by atoms with Crippen molar-refractivity contribution in [3.05, 3.63) is 35.6 Å². The average Bonchev–Trinajstić information content (AvgIpc) is 2.94. The second-order valence-corrected chi connectivity index (χ2v) is 5.21. The second-order valence-electron chi connectivity index (χ2n) is 4.35. The Morgan fingerprint density at radius 3 is 2.79 bits per heavy atom. The van der Waals surface area contributed by atoms with Crippen LogP contribution in [0.5, 0.6) is 0 Å². The Morgan fingerprint density at radius 1 is 1.37 bits per heavy atom. The van der Waals surface area contributed by atoms with Crippen molar-refractivity contribution in [2.75, 3.05) is 13.6 Å². The highest BCUT2D eigenvalue weighted by Crippen LogP contribution is 2.23. The van der Waals surface area contributed by atoms with Gasteiger partial charge >= 0.3 is 0 Å². The second kappa shape index (κ2) is 6.43. The van der Waals surface area contributed by atoms with Crippen molar-refractivity contribution in [3.63, 3.8) is 0 Å². The maximum absolute atomic E-state index is 12.2. The van der Waals surface area contributed by atoms with Crippen molar-refractivity contribution in [2.24, 2.45) is 0 Å². The van der Waals surface area contributed by atoms with E-state index >= 15 is 0 Å². The highest BCUT2D eigenvalue weighted by atomic mass is 32.1. The Balaban J connectivity index is 2.11. The predicted molar refractivity (Wildman–Crippen MR) is 77.2 cm³/mol. The van der Waals surface area contributed by atoms with Gasteiger partial charge in [0.1, 0.15) is 10.7 Å². The molecule has 0 N–H and O–H groups in total. The third kappa shape index (κ3) is 3.38. The topological polar surface area (TPSA) is 46.1 Å². The van der Waals surface area contributed by atoms with Crippen LogP contribution < -0.4 is 0 Å². The number of aromatic nitrogens is 2. The van der Waals surface area contributed by atoms with Gasteiger partial charge in [-0.05, 0) is 18.6 Å². The predicted octanol–water partition coefficient (Wildman–Crippen LogP) is 3.08. The third-order valence-corrected chi connectivity index (χ3v) is 3.74. The van der Waals surface area contributed by atoms with Gasteiger partial charge in [0, 0.05) is 36.9 Å². The van der Waals surface area contributed by atoms with E-state index in [2.05, 4.69) is 16.9 Å². The van der Waals surface area contributed by atoms with Crippen molar-refractivity contribution in [2.45, 2.75) is 19.8 Å². The lowest BCUT2D eigenvalue weighted by molar-refractivity contribution is 0.0788. The number of unbranched alkanes of at least 4 members (excludes halogenated alkanes) is 1. The molecule has 0 spiro atoms. The van der Waals surface area contributed by atoms with Crippen molar-refractivity contribution in [1.29, 1.82) is 0 Å². The van der Waals surface area contributed by atoms with Gasteiger partial charge in [0.2, 0.25) is 0 Å². The first-order valence-corrected chi connectivity index (χ1v) is 7.21. The van der Waals surface area contributed by atoms with E-state index in [9.17, 15) is 4.79 Å². The normalized spacial score (nSPS) is 10.4. The maximum atomic E-state index is 12.2. The molecule has 0 bridgehead atoms. The first kappa shape index (κ1) is 13.7. The summed E-state index contributed by atoms with van der Waals surface area (Å²) in [7, 11) is 1.82. The summed E-state index contributed by atoms with van der Waals surface area (Å²) in [6.45, 7) is 2.89. The molecule has 0 aliphatic rings. The zero-order valence-corrected chi connectivity index (χ0v) is 12.0. The fourth-order valence-corrected chi connectivity index (χ4v) is 2.49. The van der Waals surface area contributed by atoms with E-state index in [1.54, 1.807) is 17.3 Å². The van der Waals surface area contributed by atoms with Gasteiger partial charge in [0.15, 0.2) is 0 Å². The summed E-state index contributed by atoms with van der Waals surface area (Å²) in [5.41, 5.74) is 1.52. The van der Waals surface area contributed by atoms with E-state index in [1.807, 2.05) is 24.6 Å². The van der Waals surface area contributed by atoms with Gasteiger partial charge in [0.05, 0.1) is 0 Å². The van der Waals surface area contributed by atoms with E-state index < -0.39 is 0 Å². The van der Waals surface area contributed by atoms with Crippen LogP contribution >= 0.6 is 11.3 Å². The third-order valence-electron chi connectivity index (χ3n) is 2.84. The smallest absolute Gasteiger partial charge is 0.273 e. The van der Waals surface area contributed by atoms with Crippen LogP contribution in [0.4, 0.5) is 0 Å². The van der Waals surface area contributed by atoms with Gasteiger partial charge in [-0.15, -0.1) is 11.3 Å².